The number of allylic oxidation sites excluding steroid dienone is 1. The number of aliphatic hydroxyl groups is 1. The highest BCUT2D eigenvalue weighted by Crippen LogP contribution is 2.21. The normalized spacial score (nSPS) is 15.1. The zero-order valence-corrected chi connectivity index (χ0v) is 14.9. The van der Waals surface area contributed by atoms with Crippen molar-refractivity contribution in [3.63, 3.8) is 0 Å². The van der Waals surface area contributed by atoms with E-state index in [0.29, 0.717) is 16.3 Å². The molecule has 0 radical (unpaired) electrons. The largest absolute Gasteiger partial charge is 0.394 e. The van der Waals surface area contributed by atoms with Gasteiger partial charge in [-0.05, 0) is 31.2 Å². The van der Waals surface area contributed by atoms with Crippen molar-refractivity contribution in [3.05, 3.63) is 65.0 Å². The molecule has 0 spiro atoms. The van der Waals surface area contributed by atoms with Crippen molar-refractivity contribution in [1.82, 2.24) is 15.5 Å². The molecule has 0 saturated heterocycles. The fourth-order valence-electron chi connectivity index (χ4n) is 2.41. The van der Waals surface area contributed by atoms with Gasteiger partial charge in [-0.3, -0.25) is 9.80 Å². The van der Waals surface area contributed by atoms with Crippen molar-refractivity contribution in [2.75, 3.05) is 18.2 Å². The van der Waals surface area contributed by atoms with Gasteiger partial charge < -0.3 is 10.4 Å². The number of nitrogens with zero attached hydrogens (tertiary/aromatic N) is 4. The lowest BCUT2D eigenvalue weighted by atomic mass is 10.0. The van der Waals surface area contributed by atoms with E-state index in [0.717, 1.165) is 11.3 Å². The summed E-state index contributed by atoms with van der Waals surface area (Å²) >= 11 is 5.96. The Balaban J connectivity index is 1.95. The van der Waals surface area contributed by atoms with Gasteiger partial charge >= 0.3 is 0 Å². The summed E-state index contributed by atoms with van der Waals surface area (Å²) in [6.07, 6.45) is 4.90. The van der Waals surface area contributed by atoms with Gasteiger partial charge in [-0.25, -0.2) is 0 Å². The number of anilines is 1. The van der Waals surface area contributed by atoms with Crippen molar-refractivity contribution in [2.24, 2.45) is 5.10 Å². The summed E-state index contributed by atoms with van der Waals surface area (Å²) in [7, 11) is 0. The third kappa shape index (κ3) is 4.25. The van der Waals surface area contributed by atoms with E-state index in [4.69, 9.17) is 11.6 Å². The molecule has 0 bridgehead atoms. The molecule has 0 fully saturated rings. The summed E-state index contributed by atoms with van der Waals surface area (Å²) in [6, 6.07) is 8.67. The molecule has 2 N–H and O–H groups in total. The van der Waals surface area contributed by atoms with E-state index >= 15 is 0 Å². The summed E-state index contributed by atoms with van der Waals surface area (Å²) in [5.41, 5.74) is 2.72. The first-order chi connectivity index (χ1) is 12.6. The van der Waals surface area contributed by atoms with Crippen LogP contribution in [0.2, 0.25) is 5.02 Å². The number of carbonyl (C=O) groups excluding carboxylic acids is 1. The zero-order chi connectivity index (χ0) is 18.5. The summed E-state index contributed by atoms with van der Waals surface area (Å²) in [6.45, 7) is 1.89. The molecular weight excluding hydrogens is 354 g/mol. The number of halogens is 1. The van der Waals surface area contributed by atoms with Crippen LogP contribution in [0.4, 0.5) is 5.69 Å². The molecule has 0 unspecified atom stereocenters. The molecule has 0 aliphatic carbocycles. The number of hydrogen-bond donors (Lipinski definition) is 2. The molecule has 26 heavy (non-hydrogen) atoms. The van der Waals surface area contributed by atoms with E-state index in [1.807, 2.05) is 12.1 Å². The van der Waals surface area contributed by atoms with Gasteiger partial charge in [-0.2, -0.15) is 15.3 Å². The Morgan fingerprint density at radius 2 is 2.08 bits per heavy atom. The molecule has 1 aromatic heterocycles. The van der Waals surface area contributed by atoms with Gasteiger partial charge in [0.25, 0.3) is 0 Å². The number of rotatable bonds is 5. The number of aromatic nitrogens is 2. The lowest BCUT2D eigenvalue weighted by Gasteiger charge is -2.25. The lowest BCUT2D eigenvalue weighted by Crippen LogP contribution is -2.40. The van der Waals surface area contributed by atoms with Gasteiger partial charge in [-0.15, -0.1) is 0 Å². The molecule has 3 rings (SSSR count). The first-order valence-corrected chi connectivity index (χ1v) is 8.45. The van der Waals surface area contributed by atoms with Crippen LogP contribution < -0.4 is 10.3 Å². The standard InChI is InChI=1S/C18H18ClN5O2/c1-12(11-25)22-18(26)14-8-17(13-2-4-15(19)5-3-13)23-24(10-14)16-6-7-20-21-9-16/h2-9,12,25H,10-11H2,1H3,(H,22,26)/t12-/m0/s1. The minimum atomic E-state index is -0.336. The fourth-order valence-corrected chi connectivity index (χ4v) is 2.54. The molecule has 2 aromatic rings. The smallest absolute Gasteiger partial charge is 0.249 e. The summed E-state index contributed by atoms with van der Waals surface area (Å²) < 4.78 is 0. The minimum Gasteiger partial charge on any atom is -0.394 e. The first-order valence-electron chi connectivity index (χ1n) is 8.08. The highest BCUT2D eigenvalue weighted by molar-refractivity contribution is 6.30. The molecule has 1 atom stereocenters. The molecular formula is C18H18ClN5O2. The van der Waals surface area contributed by atoms with Crippen molar-refractivity contribution >= 4 is 28.9 Å². The Morgan fingerprint density at radius 1 is 1.31 bits per heavy atom. The lowest BCUT2D eigenvalue weighted by molar-refractivity contribution is -0.118. The Labute approximate surface area is 156 Å². The number of nitrogens with one attached hydrogen (secondary N) is 1. The van der Waals surface area contributed by atoms with Gasteiger partial charge in [-0.1, -0.05) is 23.7 Å². The van der Waals surface area contributed by atoms with Crippen LogP contribution in [0.5, 0.6) is 0 Å². The molecule has 1 aromatic carbocycles. The van der Waals surface area contributed by atoms with Crippen LogP contribution >= 0.6 is 11.6 Å². The van der Waals surface area contributed by atoms with Crippen LogP contribution in [0.25, 0.3) is 0 Å². The fraction of sp³-hybridized carbons (Fsp3) is 0.222. The maximum Gasteiger partial charge on any atom is 0.249 e. The van der Waals surface area contributed by atoms with Gasteiger partial charge in [0.2, 0.25) is 5.91 Å². The molecule has 2 heterocycles. The van der Waals surface area contributed by atoms with Crippen LogP contribution in [-0.2, 0) is 4.79 Å². The highest BCUT2D eigenvalue weighted by Gasteiger charge is 2.22. The predicted molar refractivity (Wildman–Crippen MR) is 100 cm³/mol. The van der Waals surface area contributed by atoms with Gasteiger partial charge in [0.05, 0.1) is 36.9 Å². The Morgan fingerprint density at radius 3 is 2.73 bits per heavy atom. The number of benzene rings is 1. The second-order valence-corrected chi connectivity index (χ2v) is 6.31. The Hall–Kier alpha value is -2.77. The maximum absolute atomic E-state index is 12.6. The highest BCUT2D eigenvalue weighted by atomic mass is 35.5. The third-order valence-electron chi connectivity index (χ3n) is 3.81. The van der Waals surface area contributed by atoms with Gasteiger partial charge in [0.1, 0.15) is 0 Å². The molecule has 0 saturated carbocycles. The van der Waals surface area contributed by atoms with E-state index < -0.39 is 0 Å². The predicted octanol–water partition coefficient (Wildman–Crippen LogP) is 1.78. The van der Waals surface area contributed by atoms with Gasteiger partial charge in [0, 0.05) is 22.2 Å². The second kappa shape index (κ2) is 8.07. The topological polar surface area (TPSA) is 90.7 Å². The second-order valence-electron chi connectivity index (χ2n) is 5.88. The Bertz CT molecular complexity index is 836. The zero-order valence-electron chi connectivity index (χ0n) is 14.1. The number of carbonyl (C=O) groups is 1. The van der Waals surface area contributed by atoms with Gasteiger partial charge in [0.15, 0.2) is 0 Å². The van der Waals surface area contributed by atoms with Crippen LogP contribution in [0.15, 0.2) is 59.5 Å². The van der Waals surface area contributed by atoms with E-state index in [2.05, 4.69) is 20.6 Å². The van der Waals surface area contributed by atoms with Crippen LogP contribution in [0, 0.1) is 0 Å². The molecule has 8 heteroatoms. The molecule has 134 valence electrons. The van der Waals surface area contributed by atoms with E-state index in [1.54, 1.807) is 48.6 Å². The summed E-state index contributed by atoms with van der Waals surface area (Å²) in [5, 5.41) is 26.5. The van der Waals surface area contributed by atoms with Crippen molar-refractivity contribution in [1.29, 1.82) is 0 Å². The van der Waals surface area contributed by atoms with E-state index in [9.17, 15) is 9.90 Å². The average molecular weight is 372 g/mol. The molecule has 1 amide bonds. The van der Waals surface area contributed by atoms with Crippen molar-refractivity contribution in [2.45, 2.75) is 13.0 Å². The van der Waals surface area contributed by atoms with Crippen molar-refractivity contribution < 1.29 is 9.90 Å². The summed E-state index contributed by atoms with van der Waals surface area (Å²) in [4.78, 5) is 12.6. The molecule has 7 nitrogen and oxygen atoms in total. The Kier molecular flexibility index (Phi) is 5.60. The quantitative estimate of drug-likeness (QED) is 0.836. The van der Waals surface area contributed by atoms with Crippen LogP contribution in [0.3, 0.4) is 0 Å². The monoisotopic (exact) mass is 371 g/mol. The number of hydrogen-bond acceptors (Lipinski definition) is 6. The van der Waals surface area contributed by atoms with Crippen molar-refractivity contribution in [3.8, 4) is 0 Å². The maximum atomic E-state index is 12.6. The average Bonchev–Trinajstić information content (AvgIpc) is 2.68. The number of amides is 1. The number of hydrazone groups is 1. The molecule has 1 aliphatic heterocycles. The molecule has 1 aliphatic rings. The minimum absolute atomic E-state index is 0.130. The van der Waals surface area contributed by atoms with Crippen LogP contribution in [-0.4, -0.2) is 46.1 Å². The van der Waals surface area contributed by atoms with E-state index in [-0.39, 0.29) is 25.1 Å². The summed E-state index contributed by atoms with van der Waals surface area (Å²) in [5.74, 6) is -0.250. The van der Waals surface area contributed by atoms with E-state index in [1.165, 1.54) is 0 Å². The first kappa shape index (κ1) is 18.0. The SMILES string of the molecule is C[C@@H](CO)NC(=O)C1=CC(c2ccc(Cl)cc2)=NN(c2ccnnc2)C1. The number of aliphatic hydroxyl groups excluding tert-OH is 1. The third-order valence-corrected chi connectivity index (χ3v) is 4.06. The van der Waals surface area contributed by atoms with Crippen LogP contribution in [0.1, 0.15) is 12.5 Å².